The fraction of sp³-hybridized carbons (Fsp3) is 0.650. The molecule has 26 heavy (non-hydrogen) atoms. The van der Waals surface area contributed by atoms with Gasteiger partial charge in [0, 0.05) is 28.1 Å². The molecule has 4 nitrogen and oxygen atoms in total. The number of methoxy groups -OCH3 is 1. The highest BCUT2D eigenvalue weighted by Crippen LogP contribution is 2.41. The number of halogens is 1. The second-order valence-corrected chi connectivity index (χ2v) is 14.8. The predicted molar refractivity (Wildman–Crippen MR) is 119 cm³/mol. The molecule has 2 aromatic rings. The Kier molecular flexibility index (Phi) is 5.76. The summed E-state index contributed by atoms with van der Waals surface area (Å²) in [5.41, 5.74) is 1.23. The molecule has 1 aliphatic rings. The van der Waals surface area contributed by atoms with Crippen LogP contribution in [0.5, 0.6) is 5.88 Å². The molecule has 0 saturated heterocycles. The van der Waals surface area contributed by atoms with Gasteiger partial charge in [0.1, 0.15) is 0 Å². The lowest BCUT2D eigenvalue weighted by atomic mass is 9.93. The monoisotopic (exact) mass is 486 g/mol. The predicted octanol–water partition coefficient (Wildman–Crippen LogP) is 6.16. The van der Waals surface area contributed by atoms with E-state index in [9.17, 15) is 0 Å². The molecule has 6 heteroatoms. The number of hydrogen-bond acceptors (Lipinski definition) is 3. The molecule has 2 heterocycles. The van der Waals surface area contributed by atoms with Gasteiger partial charge in [-0.05, 0) is 72.5 Å². The first-order chi connectivity index (χ1) is 12.1. The average molecular weight is 486 g/mol. The first-order valence-corrected chi connectivity index (χ1v) is 13.5. The zero-order valence-corrected chi connectivity index (χ0v) is 20.0. The molecular formula is C20H31IN2O2Si. The normalized spacial score (nSPS) is 22.0. The maximum atomic E-state index is 6.65. The van der Waals surface area contributed by atoms with Gasteiger partial charge in [-0.1, -0.05) is 20.8 Å². The zero-order chi connectivity index (χ0) is 19.1. The van der Waals surface area contributed by atoms with E-state index < -0.39 is 8.32 Å². The Morgan fingerprint density at radius 1 is 1.19 bits per heavy atom. The smallest absolute Gasteiger partial charge is 0.223 e. The van der Waals surface area contributed by atoms with Crippen molar-refractivity contribution in [3.8, 4) is 5.88 Å². The lowest BCUT2D eigenvalue weighted by Gasteiger charge is -2.41. The fourth-order valence-corrected chi connectivity index (χ4v) is 5.85. The SMILES string of the molecule is COc1nccc2c1c(I)cn2[C@H]1CC[C@@H](O[Si](C)(C)C(C)(C)C)CC1. The van der Waals surface area contributed by atoms with Gasteiger partial charge in [0.15, 0.2) is 8.32 Å². The van der Waals surface area contributed by atoms with Crippen molar-refractivity contribution in [3.63, 3.8) is 0 Å². The number of pyridine rings is 1. The number of fused-ring (bicyclic) bond motifs is 1. The lowest BCUT2D eigenvalue weighted by molar-refractivity contribution is 0.119. The minimum absolute atomic E-state index is 0.278. The van der Waals surface area contributed by atoms with Crippen LogP contribution >= 0.6 is 22.6 Å². The Hall–Kier alpha value is -0.603. The van der Waals surface area contributed by atoms with Gasteiger partial charge in [-0.25, -0.2) is 4.98 Å². The van der Waals surface area contributed by atoms with Gasteiger partial charge < -0.3 is 13.7 Å². The van der Waals surface area contributed by atoms with Crippen LogP contribution in [-0.4, -0.2) is 31.1 Å². The molecule has 3 rings (SSSR count). The van der Waals surface area contributed by atoms with Gasteiger partial charge in [-0.15, -0.1) is 0 Å². The van der Waals surface area contributed by atoms with E-state index in [0.717, 1.165) is 24.1 Å². The van der Waals surface area contributed by atoms with E-state index in [1.807, 2.05) is 6.20 Å². The van der Waals surface area contributed by atoms with Gasteiger partial charge in [0.05, 0.1) is 18.0 Å². The minimum Gasteiger partial charge on any atom is -0.480 e. The van der Waals surface area contributed by atoms with Crippen molar-refractivity contribution in [1.82, 2.24) is 9.55 Å². The van der Waals surface area contributed by atoms with E-state index in [1.54, 1.807) is 7.11 Å². The van der Waals surface area contributed by atoms with E-state index in [2.05, 4.69) is 78.3 Å². The van der Waals surface area contributed by atoms with Crippen LogP contribution in [0.3, 0.4) is 0 Å². The number of hydrogen-bond donors (Lipinski definition) is 0. The molecule has 0 N–H and O–H groups in total. The number of aromatic nitrogens is 2. The van der Waals surface area contributed by atoms with Gasteiger partial charge in [0.2, 0.25) is 5.88 Å². The topological polar surface area (TPSA) is 36.3 Å². The largest absolute Gasteiger partial charge is 0.480 e. The maximum absolute atomic E-state index is 6.65. The van der Waals surface area contributed by atoms with E-state index in [1.165, 1.54) is 21.9 Å². The number of nitrogens with zero attached hydrogens (tertiary/aromatic N) is 2. The molecule has 144 valence electrons. The van der Waals surface area contributed by atoms with Crippen molar-refractivity contribution in [2.75, 3.05) is 7.11 Å². The molecule has 0 spiro atoms. The standard InChI is InChI=1S/C20H31IN2O2Si/c1-20(2,3)26(5,6)25-15-9-7-14(8-10-15)23-13-16(21)18-17(23)11-12-22-19(18)24-4/h11-15H,7-10H2,1-6H3/t14-,15+. The molecule has 0 amide bonds. The molecule has 1 saturated carbocycles. The van der Waals surface area contributed by atoms with E-state index >= 15 is 0 Å². The first kappa shape index (κ1) is 20.1. The summed E-state index contributed by atoms with van der Waals surface area (Å²) in [6.45, 7) is 11.7. The van der Waals surface area contributed by atoms with E-state index in [4.69, 9.17) is 9.16 Å². The summed E-state index contributed by atoms with van der Waals surface area (Å²) < 4.78 is 15.8. The second-order valence-electron chi connectivity index (χ2n) is 8.91. The molecule has 0 atom stereocenters. The summed E-state index contributed by atoms with van der Waals surface area (Å²) in [4.78, 5) is 4.36. The van der Waals surface area contributed by atoms with Crippen LogP contribution in [0.2, 0.25) is 18.1 Å². The van der Waals surface area contributed by atoms with Gasteiger partial charge in [-0.2, -0.15) is 0 Å². The van der Waals surface area contributed by atoms with Crippen LogP contribution in [-0.2, 0) is 4.43 Å². The molecule has 1 fully saturated rings. The van der Waals surface area contributed by atoms with Gasteiger partial charge in [-0.3, -0.25) is 0 Å². The fourth-order valence-electron chi connectivity index (χ4n) is 3.62. The summed E-state index contributed by atoms with van der Waals surface area (Å²) in [6.07, 6.45) is 9.16. The molecule has 0 aromatic carbocycles. The summed E-state index contributed by atoms with van der Waals surface area (Å²) in [7, 11) is 0.0147. The van der Waals surface area contributed by atoms with Gasteiger partial charge >= 0.3 is 0 Å². The Bertz CT molecular complexity index is 774. The molecule has 0 aliphatic heterocycles. The number of rotatable bonds is 4. The highest BCUT2D eigenvalue weighted by atomic mass is 127. The van der Waals surface area contributed by atoms with Crippen molar-refractivity contribution in [2.45, 2.75) is 76.7 Å². The Morgan fingerprint density at radius 2 is 1.85 bits per heavy atom. The van der Waals surface area contributed by atoms with E-state index in [-0.39, 0.29) is 5.04 Å². The van der Waals surface area contributed by atoms with Crippen LogP contribution < -0.4 is 4.74 Å². The second kappa shape index (κ2) is 7.43. The molecule has 1 aliphatic carbocycles. The van der Waals surface area contributed by atoms with E-state index in [0.29, 0.717) is 12.1 Å². The van der Waals surface area contributed by atoms with Crippen molar-refractivity contribution in [2.24, 2.45) is 0 Å². The third kappa shape index (κ3) is 3.82. The average Bonchev–Trinajstić information content (AvgIpc) is 2.91. The summed E-state index contributed by atoms with van der Waals surface area (Å²) in [5, 5.41) is 1.41. The number of ether oxygens (including phenoxy) is 1. The lowest BCUT2D eigenvalue weighted by Crippen LogP contribution is -2.44. The Morgan fingerprint density at radius 3 is 2.42 bits per heavy atom. The molecular weight excluding hydrogens is 455 g/mol. The summed E-state index contributed by atoms with van der Waals surface area (Å²) in [5.74, 6) is 0.723. The molecule has 0 unspecified atom stereocenters. The highest BCUT2D eigenvalue weighted by molar-refractivity contribution is 14.1. The molecule has 2 aromatic heterocycles. The Balaban J connectivity index is 1.74. The van der Waals surface area contributed by atoms with Crippen molar-refractivity contribution in [3.05, 3.63) is 22.0 Å². The zero-order valence-electron chi connectivity index (χ0n) is 16.8. The third-order valence-corrected chi connectivity index (χ3v) is 11.5. The van der Waals surface area contributed by atoms with Crippen molar-refractivity contribution in [1.29, 1.82) is 0 Å². The maximum Gasteiger partial charge on any atom is 0.223 e. The highest BCUT2D eigenvalue weighted by Gasteiger charge is 2.40. The molecule has 0 radical (unpaired) electrons. The Labute approximate surface area is 171 Å². The van der Waals surface area contributed by atoms with Crippen LogP contribution in [0.1, 0.15) is 52.5 Å². The minimum atomic E-state index is -1.68. The van der Waals surface area contributed by atoms with Crippen LogP contribution in [0.15, 0.2) is 18.5 Å². The van der Waals surface area contributed by atoms with Gasteiger partial charge in [0.25, 0.3) is 0 Å². The summed E-state index contributed by atoms with van der Waals surface area (Å²) >= 11 is 2.39. The first-order valence-electron chi connectivity index (χ1n) is 9.51. The van der Waals surface area contributed by atoms with Crippen molar-refractivity contribution >= 4 is 41.8 Å². The third-order valence-electron chi connectivity index (χ3n) is 6.16. The molecule has 0 bridgehead atoms. The van der Waals surface area contributed by atoms with Crippen LogP contribution in [0.25, 0.3) is 10.9 Å². The van der Waals surface area contributed by atoms with Crippen molar-refractivity contribution < 1.29 is 9.16 Å². The quantitative estimate of drug-likeness (QED) is 0.384. The van der Waals surface area contributed by atoms with Crippen LogP contribution in [0.4, 0.5) is 0 Å². The van der Waals surface area contributed by atoms with Crippen LogP contribution in [0, 0.1) is 3.57 Å². The summed E-state index contributed by atoms with van der Waals surface area (Å²) in [6, 6.07) is 2.64.